The van der Waals surface area contributed by atoms with E-state index >= 15 is 0 Å². The van der Waals surface area contributed by atoms with Crippen molar-refractivity contribution in [3.05, 3.63) is 12.2 Å². The van der Waals surface area contributed by atoms with Gasteiger partial charge in [0.25, 0.3) is 14.3 Å². The van der Waals surface area contributed by atoms with Crippen LogP contribution in [0, 0.1) is 11.8 Å². The highest BCUT2D eigenvalue weighted by molar-refractivity contribution is 6.79. The summed E-state index contributed by atoms with van der Waals surface area (Å²) in [5.41, 5.74) is 0.841. The number of ether oxygens (including phenoxy) is 1. The lowest BCUT2D eigenvalue weighted by atomic mass is 9.90. The van der Waals surface area contributed by atoms with E-state index in [2.05, 4.69) is 87.6 Å². The van der Waals surface area contributed by atoms with Crippen LogP contribution < -0.4 is 5.32 Å². The maximum Gasteiger partial charge on any atom is 0.298 e. The molecule has 1 heterocycles. The summed E-state index contributed by atoms with van der Waals surface area (Å²) in [5, 5.41) is 3.01. The SMILES string of the molecule is C/C=C/C(=O)C[C@H]1CC[C@@H](C)[C@H](CC(=O)NC[C@H](O[Si](C)(C)C(C)(C)C)[C@@H](C)C(=O)O[Si](C(C)C)(C(C)C)C(C)C)O1. The molecule has 1 aliphatic rings. The van der Waals surface area contributed by atoms with Gasteiger partial charge in [0.05, 0.1) is 30.7 Å². The van der Waals surface area contributed by atoms with Gasteiger partial charge in [-0.05, 0) is 73.4 Å². The molecule has 0 aromatic heterocycles. The topological polar surface area (TPSA) is 90.9 Å². The number of nitrogens with one attached hydrogen (secondary N) is 1. The minimum atomic E-state index is -2.43. The van der Waals surface area contributed by atoms with Crippen LogP contribution in [0.1, 0.15) is 109 Å². The number of ketones is 1. The first-order valence-electron chi connectivity index (χ1n) is 16.2. The van der Waals surface area contributed by atoms with Gasteiger partial charge >= 0.3 is 0 Å². The molecule has 1 N–H and O–H groups in total. The Bertz CT molecular complexity index is 902. The summed E-state index contributed by atoms with van der Waals surface area (Å²) in [6.45, 7) is 29.9. The maximum atomic E-state index is 13.8. The molecular formula is C33H63NO6Si2. The van der Waals surface area contributed by atoms with Crippen LogP contribution in [-0.2, 0) is 28.0 Å². The molecule has 1 rings (SSSR count). The van der Waals surface area contributed by atoms with Crippen LogP contribution in [0.5, 0.6) is 0 Å². The summed E-state index contributed by atoms with van der Waals surface area (Å²) in [6.07, 6.45) is 4.69. The zero-order valence-electron chi connectivity index (χ0n) is 29.3. The molecule has 0 aromatic carbocycles. The summed E-state index contributed by atoms with van der Waals surface area (Å²) >= 11 is 0. The highest BCUT2D eigenvalue weighted by Gasteiger charge is 2.50. The van der Waals surface area contributed by atoms with Crippen LogP contribution in [0.3, 0.4) is 0 Å². The van der Waals surface area contributed by atoms with Gasteiger partial charge in [-0.15, -0.1) is 0 Å². The molecule has 0 unspecified atom stereocenters. The van der Waals surface area contributed by atoms with E-state index in [0.717, 1.165) is 12.8 Å². The van der Waals surface area contributed by atoms with Crippen molar-refractivity contribution in [2.75, 3.05) is 6.54 Å². The van der Waals surface area contributed by atoms with E-state index < -0.39 is 28.7 Å². The number of carbonyl (C=O) groups excluding carboxylic acids is 3. The molecule has 7 nitrogen and oxygen atoms in total. The normalized spacial score (nSPS) is 22.1. The predicted molar refractivity (Wildman–Crippen MR) is 177 cm³/mol. The highest BCUT2D eigenvalue weighted by Crippen LogP contribution is 2.43. The van der Waals surface area contributed by atoms with Gasteiger partial charge in [0.1, 0.15) is 0 Å². The van der Waals surface area contributed by atoms with E-state index in [1.165, 1.54) is 0 Å². The number of rotatable bonds is 15. The number of allylic oxidation sites excluding steroid dienone is 2. The molecule has 9 heteroatoms. The van der Waals surface area contributed by atoms with Crippen LogP contribution in [0.25, 0.3) is 0 Å². The average molecular weight is 626 g/mol. The standard InChI is InChI=1S/C33H63NO6Si2/c1-15-16-27(35)19-28-18-17-25(8)29(38-28)20-31(36)34-21-30(39-41(13,14)33(10,11)12)26(9)32(37)40-42(22(2)3,23(4)5)24(6)7/h15-16,22-26,28-30H,17-21H2,1-14H3,(H,34,36)/b16-15+/t25-,26-,28-,29+,30+/m1/s1. The zero-order valence-corrected chi connectivity index (χ0v) is 31.3. The quantitative estimate of drug-likeness (QED) is 0.147. The molecule has 0 bridgehead atoms. The Hall–Kier alpha value is -1.30. The second kappa shape index (κ2) is 16.1. The molecule has 42 heavy (non-hydrogen) atoms. The molecular weight excluding hydrogens is 563 g/mol. The largest absolute Gasteiger partial charge is 0.518 e. The van der Waals surface area contributed by atoms with E-state index in [1.54, 1.807) is 12.2 Å². The smallest absolute Gasteiger partial charge is 0.298 e. The van der Waals surface area contributed by atoms with Crippen molar-refractivity contribution in [1.82, 2.24) is 5.32 Å². The molecule has 0 aliphatic carbocycles. The molecule has 1 amide bonds. The van der Waals surface area contributed by atoms with E-state index in [-0.39, 0.29) is 70.4 Å². The first-order chi connectivity index (χ1) is 19.2. The highest BCUT2D eigenvalue weighted by atomic mass is 28.4. The van der Waals surface area contributed by atoms with Crippen LogP contribution in [0.4, 0.5) is 0 Å². The Morgan fingerprint density at radius 2 is 1.50 bits per heavy atom. The zero-order chi connectivity index (χ0) is 32.6. The molecule has 0 aromatic rings. The fraction of sp³-hybridized carbons (Fsp3) is 0.848. The van der Waals surface area contributed by atoms with Gasteiger partial charge in [-0.1, -0.05) is 75.3 Å². The Balaban J connectivity index is 3.09. The summed E-state index contributed by atoms with van der Waals surface area (Å²) < 4.78 is 19.5. The summed E-state index contributed by atoms with van der Waals surface area (Å²) in [7, 11) is -4.69. The number of carbonyl (C=O) groups is 3. The third-order valence-electron chi connectivity index (χ3n) is 9.78. The summed E-state index contributed by atoms with van der Waals surface area (Å²) in [4.78, 5) is 39.1. The molecule has 244 valence electrons. The Morgan fingerprint density at radius 3 is 1.98 bits per heavy atom. The molecule has 0 spiro atoms. The Morgan fingerprint density at radius 1 is 0.952 bits per heavy atom. The van der Waals surface area contributed by atoms with Crippen molar-refractivity contribution in [2.45, 2.75) is 162 Å². The molecule has 0 saturated carbocycles. The van der Waals surface area contributed by atoms with Crippen molar-refractivity contribution in [3.63, 3.8) is 0 Å². The van der Waals surface area contributed by atoms with E-state index in [9.17, 15) is 14.4 Å². The van der Waals surface area contributed by atoms with E-state index in [1.807, 2.05) is 13.8 Å². The van der Waals surface area contributed by atoms with Crippen LogP contribution in [0.2, 0.25) is 34.8 Å². The van der Waals surface area contributed by atoms with Crippen molar-refractivity contribution >= 4 is 34.3 Å². The minimum absolute atomic E-state index is 0.0474. The number of amides is 1. The Labute approximate surface area is 259 Å². The second-order valence-corrected chi connectivity index (χ2v) is 25.1. The molecule has 1 saturated heterocycles. The van der Waals surface area contributed by atoms with Crippen molar-refractivity contribution < 1.29 is 28.0 Å². The van der Waals surface area contributed by atoms with Gasteiger partial charge in [-0.25, -0.2) is 0 Å². The van der Waals surface area contributed by atoms with Crippen LogP contribution in [-0.4, -0.2) is 59.2 Å². The molecule has 5 atom stereocenters. The third-order valence-corrected chi connectivity index (χ3v) is 20.3. The van der Waals surface area contributed by atoms with Crippen molar-refractivity contribution in [3.8, 4) is 0 Å². The van der Waals surface area contributed by atoms with Gasteiger partial charge in [0.15, 0.2) is 14.1 Å². The fourth-order valence-electron chi connectivity index (χ4n) is 6.08. The molecule has 0 radical (unpaired) electrons. The molecule has 1 fully saturated rings. The lowest BCUT2D eigenvalue weighted by Gasteiger charge is -2.44. The van der Waals surface area contributed by atoms with E-state index in [4.69, 9.17) is 13.6 Å². The van der Waals surface area contributed by atoms with Gasteiger partial charge in [-0.2, -0.15) is 0 Å². The lowest BCUT2D eigenvalue weighted by molar-refractivity contribution is -0.144. The fourth-order valence-corrected chi connectivity index (χ4v) is 12.7. The monoisotopic (exact) mass is 625 g/mol. The number of hydrogen-bond acceptors (Lipinski definition) is 6. The minimum Gasteiger partial charge on any atom is -0.518 e. The van der Waals surface area contributed by atoms with Gasteiger partial charge in [0, 0.05) is 13.0 Å². The Kier molecular flexibility index (Phi) is 14.9. The number of hydrogen-bond donors (Lipinski definition) is 1. The summed E-state index contributed by atoms with van der Waals surface area (Å²) in [6, 6.07) is 0. The third kappa shape index (κ3) is 10.4. The van der Waals surface area contributed by atoms with Crippen LogP contribution >= 0.6 is 0 Å². The average Bonchev–Trinajstić information content (AvgIpc) is 2.85. The van der Waals surface area contributed by atoms with Gasteiger partial charge in [0.2, 0.25) is 5.91 Å². The first-order valence-corrected chi connectivity index (χ1v) is 21.2. The van der Waals surface area contributed by atoms with Gasteiger partial charge < -0.3 is 18.9 Å². The van der Waals surface area contributed by atoms with Crippen molar-refractivity contribution in [2.24, 2.45) is 11.8 Å². The summed E-state index contributed by atoms with van der Waals surface area (Å²) in [5.74, 6) is -0.626. The predicted octanol–water partition coefficient (Wildman–Crippen LogP) is 7.96. The van der Waals surface area contributed by atoms with E-state index in [0.29, 0.717) is 6.42 Å². The second-order valence-electron chi connectivity index (χ2n) is 15.0. The lowest BCUT2D eigenvalue weighted by Crippen LogP contribution is -2.54. The molecule has 1 aliphatic heterocycles. The maximum absolute atomic E-state index is 13.8. The first kappa shape index (κ1) is 38.7. The van der Waals surface area contributed by atoms with Gasteiger partial charge in [-0.3, -0.25) is 14.4 Å². The van der Waals surface area contributed by atoms with Crippen LogP contribution in [0.15, 0.2) is 12.2 Å². The van der Waals surface area contributed by atoms with Crippen molar-refractivity contribution in [1.29, 1.82) is 0 Å².